The molecule has 2 rings (SSSR count). The van der Waals surface area contributed by atoms with Crippen molar-refractivity contribution in [3.05, 3.63) is 23.2 Å². The summed E-state index contributed by atoms with van der Waals surface area (Å²) in [4.78, 5) is -0.00952. The zero-order valence-corrected chi connectivity index (χ0v) is 14.6. The van der Waals surface area contributed by atoms with Crippen LogP contribution in [0.5, 0.6) is 5.75 Å². The molecule has 1 aromatic carbocycles. The minimum Gasteiger partial charge on any atom is -0.433 e. The molecular formula is C15H20ClF2NO3S. The van der Waals surface area contributed by atoms with Crippen LogP contribution in [-0.2, 0) is 10.0 Å². The Labute approximate surface area is 140 Å². The average Bonchev–Trinajstić information content (AvgIpc) is 2.93. The molecule has 0 aliphatic heterocycles. The minimum atomic E-state index is -3.75. The summed E-state index contributed by atoms with van der Waals surface area (Å²) < 4.78 is 56.1. The average molecular weight is 368 g/mol. The first kappa shape index (κ1) is 18.4. The first-order valence-corrected chi connectivity index (χ1v) is 9.33. The number of hydrogen-bond donors (Lipinski definition) is 0. The van der Waals surface area contributed by atoms with Crippen molar-refractivity contribution in [2.75, 3.05) is 0 Å². The summed E-state index contributed by atoms with van der Waals surface area (Å²) in [6, 6.07) is 3.35. The van der Waals surface area contributed by atoms with Crippen LogP contribution in [0, 0.1) is 0 Å². The first-order valence-electron chi connectivity index (χ1n) is 7.51. The van der Waals surface area contributed by atoms with Gasteiger partial charge in [-0.15, -0.1) is 0 Å². The molecule has 1 saturated carbocycles. The van der Waals surface area contributed by atoms with Crippen molar-refractivity contribution < 1.29 is 21.9 Å². The van der Waals surface area contributed by atoms with Gasteiger partial charge in [0.25, 0.3) is 0 Å². The van der Waals surface area contributed by atoms with Crippen LogP contribution in [0.4, 0.5) is 8.78 Å². The third-order valence-corrected chi connectivity index (χ3v) is 6.31. The lowest BCUT2D eigenvalue weighted by atomic mass is 10.2. The SMILES string of the molecule is CC(C)N(C1CCCC1)S(=O)(=O)c1ccc(OC(F)F)c(Cl)c1. The summed E-state index contributed by atoms with van der Waals surface area (Å²) in [5.74, 6) is -0.238. The van der Waals surface area contributed by atoms with Gasteiger partial charge in [0.1, 0.15) is 5.75 Å². The zero-order valence-electron chi connectivity index (χ0n) is 13.0. The summed E-state index contributed by atoms with van der Waals surface area (Å²) >= 11 is 5.88. The van der Waals surface area contributed by atoms with Gasteiger partial charge in [0.05, 0.1) is 9.92 Å². The highest BCUT2D eigenvalue weighted by atomic mass is 35.5. The fourth-order valence-electron chi connectivity index (χ4n) is 3.01. The van der Waals surface area contributed by atoms with Gasteiger partial charge in [0.15, 0.2) is 0 Å². The van der Waals surface area contributed by atoms with Crippen LogP contribution in [0.15, 0.2) is 23.1 Å². The first-order chi connectivity index (χ1) is 10.7. The number of hydrogen-bond acceptors (Lipinski definition) is 3. The van der Waals surface area contributed by atoms with Crippen LogP contribution in [-0.4, -0.2) is 31.4 Å². The molecule has 0 spiro atoms. The van der Waals surface area contributed by atoms with Crippen molar-refractivity contribution in [2.45, 2.75) is 63.1 Å². The second-order valence-electron chi connectivity index (χ2n) is 5.84. The fraction of sp³-hybridized carbons (Fsp3) is 0.600. The van der Waals surface area contributed by atoms with Gasteiger partial charge in [0.2, 0.25) is 10.0 Å². The summed E-state index contributed by atoms with van der Waals surface area (Å²) in [6.45, 7) is 0.637. The molecule has 23 heavy (non-hydrogen) atoms. The number of sulfonamides is 1. The maximum Gasteiger partial charge on any atom is 0.387 e. The summed E-state index contributed by atoms with van der Waals surface area (Å²) in [7, 11) is -3.75. The maximum atomic E-state index is 12.9. The van der Waals surface area contributed by atoms with E-state index >= 15 is 0 Å². The van der Waals surface area contributed by atoms with Crippen LogP contribution < -0.4 is 4.74 Å². The number of rotatable bonds is 6. The summed E-state index contributed by atoms with van der Waals surface area (Å²) in [5, 5.41) is -0.151. The van der Waals surface area contributed by atoms with E-state index < -0.39 is 16.6 Å². The fourth-order valence-corrected chi connectivity index (χ4v) is 5.21. The Hall–Kier alpha value is -0.920. The van der Waals surface area contributed by atoms with Gasteiger partial charge in [-0.2, -0.15) is 13.1 Å². The van der Waals surface area contributed by atoms with Crippen molar-refractivity contribution >= 4 is 21.6 Å². The molecule has 0 heterocycles. The van der Waals surface area contributed by atoms with E-state index in [1.165, 1.54) is 16.4 Å². The molecule has 1 aliphatic carbocycles. The zero-order chi connectivity index (χ0) is 17.2. The molecule has 0 atom stereocenters. The van der Waals surface area contributed by atoms with E-state index in [-0.39, 0.29) is 27.8 Å². The van der Waals surface area contributed by atoms with Gasteiger partial charge >= 0.3 is 6.61 Å². The monoisotopic (exact) mass is 367 g/mol. The molecule has 1 aliphatic rings. The molecule has 0 bridgehead atoms. The van der Waals surface area contributed by atoms with Crippen molar-refractivity contribution in [1.29, 1.82) is 0 Å². The van der Waals surface area contributed by atoms with Gasteiger partial charge in [-0.25, -0.2) is 8.42 Å². The molecule has 0 saturated heterocycles. The second-order valence-corrected chi connectivity index (χ2v) is 8.09. The molecule has 130 valence electrons. The third-order valence-electron chi connectivity index (χ3n) is 3.89. The Morgan fingerprint density at radius 2 is 1.87 bits per heavy atom. The Kier molecular flexibility index (Phi) is 5.86. The van der Waals surface area contributed by atoms with Crippen molar-refractivity contribution in [2.24, 2.45) is 0 Å². The van der Waals surface area contributed by atoms with E-state index in [9.17, 15) is 17.2 Å². The van der Waals surface area contributed by atoms with E-state index in [1.54, 1.807) is 0 Å². The molecule has 0 radical (unpaired) electrons. The smallest absolute Gasteiger partial charge is 0.387 e. The van der Waals surface area contributed by atoms with Gasteiger partial charge in [-0.05, 0) is 44.9 Å². The Morgan fingerprint density at radius 3 is 2.35 bits per heavy atom. The van der Waals surface area contributed by atoms with Crippen LogP contribution in [0.2, 0.25) is 5.02 Å². The van der Waals surface area contributed by atoms with Gasteiger partial charge in [-0.1, -0.05) is 24.4 Å². The van der Waals surface area contributed by atoms with Crippen LogP contribution in [0.3, 0.4) is 0 Å². The molecule has 1 aromatic rings. The van der Waals surface area contributed by atoms with Crippen molar-refractivity contribution in [3.8, 4) is 5.75 Å². The van der Waals surface area contributed by atoms with Crippen molar-refractivity contribution in [1.82, 2.24) is 4.31 Å². The molecule has 4 nitrogen and oxygen atoms in total. The van der Waals surface area contributed by atoms with E-state index in [0.717, 1.165) is 31.7 Å². The molecule has 0 amide bonds. The Morgan fingerprint density at radius 1 is 1.26 bits per heavy atom. The minimum absolute atomic E-state index is 0.00952. The third kappa shape index (κ3) is 4.14. The van der Waals surface area contributed by atoms with Gasteiger partial charge in [0, 0.05) is 12.1 Å². The molecule has 0 unspecified atom stereocenters. The molecule has 1 fully saturated rings. The lowest BCUT2D eigenvalue weighted by molar-refractivity contribution is -0.0498. The summed E-state index contributed by atoms with van der Waals surface area (Å²) in [5.41, 5.74) is 0. The van der Waals surface area contributed by atoms with E-state index in [0.29, 0.717) is 0 Å². The van der Waals surface area contributed by atoms with Crippen molar-refractivity contribution in [3.63, 3.8) is 0 Å². The van der Waals surface area contributed by atoms with E-state index in [4.69, 9.17) is 11.6 Å². The normalized spacial score (nSPS) is 16.7. The lowest BCUT2D eigenvalue weighted by Gasteiger charge is -2.31. The largest absolute Gasteiger partial charge is 0.433 e. The predicted molar refractivity (Wildman–Crippen MR) is 84.5 cm³/mol. The second kappa shape index (κ2) is 7.32. The number of halogens is 3. The molecular weight excluding hydrogens is 348 g/mol. The Balaban J connectivity index is 2.35. The van der Waals surface area contributed by atoms with Crippen LogP contribution in [0.1, 0.15) is 39.5 Å². The molecule has 0 N–H and O–H groups in total. The topological polar surface area (TPSA) is 46.6 Å². The number of alkyl halides is 2. The van der Waals surface area contributed by atoms with Crippen LogP contribution in [0.25, 0.3) is 0 Å². The molecule has 0 aromatic heterocycles. The number of nitrogens with zero attached hydrogens (tertiary/aromatic N) is 1. The highest BCUT2D eigenvalue weighted by molar-refractivity contribution is 7.89. The molecule has 8 heteroatoms. The van der Waals surface area contributed by atoms with Crippen LogP contribution >= 0.6 is 11.6 Å². The highest BCUT2D eigenvalue weighted by Gasteiger charge is 2.35. The van der Waals surface area contributed by atoms with Gasteiger partial charge < -0.3 is 4.74 Å². The number of ether oxygens (including phenoxy) is 1. The Bertz CT molecular complexity index is 646. The highest BCUT2D eigenvalue weighted by Crippen LogP contribution is 2.34. The lowest BCUT2D eigenvalue weighted by Crippen LogP contribution is -2.43. The number of benzene rings is 1. The quantitative estimate of drug-likeness (QED) is 0.753. The standard InChI is InChI=1S/C15H20ClF2NO3S/c1-10(2)19(11-5-3-4-6-11)23(20,21)12-7-8-14(13(16)9-12)22-15(17)18/h7-11,15H,3-6H2,1-2H3. The van der Waals surface area contributed by atoms with E-state index in [1.807, 2.05) is 13.8 Å². The van der Waals surface area contributed by atoms with E-state index in [2.05, 4.69) is 4.74 Å². The van der Waals surface area contributed by atoms with Gasteiger partial charge in [-0.3, -0.25) is 0 Å². The predicted octanol–water partition coefficient (Wildman–Crippen LogP) is 4.28. The summed E-state index contributed by atoms with van der Waals surface area (Å²) in [6.07, 6.45) is 3.67. The maximum absolute atomic E-state index is 12.9.